The number of anilines is 1. The maximum Gasteiger partial charge on any atom is 0.248 e. The molecule has 1 aliphatic heterocycles. The fourth-order valence-corrected chi connectivity index (χ4v) is 4.24. The van der Waals surface area contributed by atoms with Crippen LogP contribution < -0.4 is 5.73 Å². The monoisotopic (exact) mass is 288 g/mol. The van der Waals surface area contributed by atoms with Crippen molar-refractivity contribution in [2.75, 3.05) is 18.9 Å². The molecular weight excluding hydrogens is 268 g/mol. The van der Waals surface area contributed by atoms with Gasteiger partial charge in [0.1, 0.15) is 4.90 Å². The molecule has 1 aromatic rings. The lowest BCUT2D eigenvalue weighted by Gasteiger charge is -2.24. The second-order valence-corrected chi connectivity index (χ2v) is 6.72. The summed E-state index contributed by atoms with van der Waals surface area (Å²) in [6.45, 7) is 4.58. The third kappa shape index (κ3) is 2.35. The normalized spacial score (nSPS) is 25.0. The number of sulfonamides is 1. The molecule has 2 unspecified atom stereocenters. The van der Waals surface area contributed by atoms with Crippen molar-refractivity contribution in [1.82, 2.24) is 14.1 Å². The number of aliphatic hydroxyl groups is 1. The Labute approximate surface area is 113 Å². The van der Waals surface area contributed by atoms with Crippen molar-refractivity contribution in [3.8, 4) is 0 Å². The number of nitrogen functional groups attached to an aromatic ring is 1. The molecular formula is C11H20N4O3S. The number of aromatic nitrogens is 2. The Kier molecular flexibility index (Phi) is 3.84. The van der Waals surface area contributed by atoms with Crippen molar-refractivity contribution in [3.05, 3.63) is 6.20 Å². The highest BCUT2D eigenvalue weighted by molar-refractivity contribution is 7.89. The van der Waals surface area contributed by atoms with Gasteiger partial charge in [-0.05, 0) is 19.3 Å². The molecule has 1 fully saturated rings. The third-order valence-electron chi connectivity index (χ3n) is 3.68. The van der Waals surface area contributed by atoms with Gasteiger partial charge in [-0.1, -0.05) is 6.92 Å². The first-order valence-electron chi connectivity index (χ1n) is 6.37. The lowest BCUT2D eigenvalue weighted by Crippen LogP contribution is -2.39. The number of hydrogen-bond donors (Lipinski definition) is 2. The molecule has 8 heteroatoms. The largest absolute Gasteiger partial charge is 0.395 e. The molecule has 2 rings (SSSR count). The molecule has 1 aromatic heterocycles. The summed E-state index contributed by atoms with van der Waals surface area (Å²) in [5.74, 6) is 0.153. The van der Waals surface area contributed by atoms with Crippen LogP contribution in [0.3, 0.4) is 0 Å². The summed E-state index contributed by atoms with van der Waals surface area (Å²) in [5, 5.41) is 13.3. The van der Waals surface area contributed by atoms with E-state index in [1.807, 2.05) is 13.8 Å². The molecule has 108 valence electrons. The van der Waals surface area contributed by atoms with Crippen molar-refractivity contribution in [2.24, 2.45) is 5.92 Å². The van der Waals surface area contributed by atoms with Crippen LogP contribution in [0.5, 0.6) is 0 Å². The van der Waals surface area contributed by atoms with Gasteiger partial charge < -0.3 is 10.8 Å². The van der Waals surface area contributed by atoms with Crippen molar-refractivity contribution in [3.63, 3.8) is 0 Å². The highest BCUT2D eigenvalue weighted by atomic mass is 32.2. The van der Waals surface area contributed by atoms with Gasteiger partial charge in [-0.3, -0.25) is 4.68 Å². The molecule has 3 N–H and O–H groups in total. The fraction of sp³-hybridized carbons (Fsp3) is 0.727. The molecule has 0 aromatic carbocycles. The van der Waals surface area contributed by atoms with E-state index in [1.54, 1.807) is 0 Å². The molecule has 0 aliphatic carbocycles. The Morgan fingerprint density at radius 1 is 1.58 bits per heavy atom. The van der Waals surface area contributed by atoms with Crippen LogP contribution in [-0.2, 0) is 16.6 Å². The van der Waals surface area contributed by atoms with E-state index in [4.69, 9.17) is 5.73 Å². The topological polar surface area (TPSA) is 101 Å². The average molecular weight is 288 g/mol. The number of rotatable bonds is 4. The van der Waals surface area contributed by atoms with E-state index < -0.39 is 10.0 Å². The maximum absolute atomic E-state index is 12.6. The van der Waals surface area contributed by atoms with Crippen LogP contribution in [0.4, 0.5) is 5.82 Å². The first kappa shape index (κ1) is 14.3. The summed E-state index contributed by atoms with van der Waals surface area (Å²) in [6.07, 6.45) is 2.19. The van der Waals surface area contributed by atoms with Crippen molar-refractivity contribution >= 4 is 15.8 Å². The minimum absolute atomic E-state index is 0.0121. The first-order valence-corrected chi connectivity index (χ1v) is 7.81. The molecule has 0 spiro atoms. The molecule has 0 amide bonds. The summed E-state index contributed by atoms with van der Waals surface area (Å²) in [7, 11) is -3.69. The highest BCUT2D eigenvalue weighted by Crippen LogP contribution is 2.31. The van der Waals surface area contributed by atoms with Gasteiger partial charge >= 0.3 is 0 Å². The van der Waals surface area contributed by atoms with Crippen LogP contribution in [0.1, 0.15) is 20.3 Å². The molecule has 0 radical (unpaired) electrons. The Bertz CT molecular complexity index is 554. The Hall–Kier alpha value is -1.12. The lowest BCUT2D eigenvalue weighted by atomic mass is 10.0. The summed E-state index contributed by atoms with van der Waals surface area (Å²) in [4.78, 5) is 0.0295. The zero-order valence-electron chi connectivity index (χ0n) is 11.2. The highest BCUT2D eigenvalue weighted by Gasteiger charge is 2.40. The molecule has 1 aliphatic rings. The predicted octanol–water partition coefficient (Wildman–Crippen LogP) is -0.123. The quantitative estimate of drug-likeness (QED) is 0.804. The van der Waals surface area contributed by atoms with Gasteiger partial charge in [-0.15, -0.1) is 0 Å². The van der Waals surface area contributed by atoms with Gasteiger partial charge in [-0.25, -0.2) is 8.42 Å². The van der Waals surface area contributed by atoms with Crippen LogP contribution in [-0.4, -0.2) is 46.8 Å². The Balaban J connectivity index is 2.39. The number of nitrogens with zero attached hydrogens (tertiary/aromatic N) is 3. The average Bonchev–Trinajstić information content (AvgIpc) is 2.92. The van der Waals surface area contributed by atoms with Crippen molar-refractivity contribution < 1.29 is 13.5 Å². The van der Waals surface area contributed by atoms with E-state index in [0.29, 0.717) is 13.1 Å². The fourth-order valence-electron chi connectivity index (χ4n) is 2.45. The van der Waals surface area contributed by atoms with Gasteiger partial charge in [0.2, 0.25) is 10.0 Å². The van der Waals surface area contributed by atoms with Crippen LogP contribution in [0.25, 0.3) is 0 Å². The first-order chi connectivity index (χ1) is 8.91. The summed E-state index contributed by atoms with van der Waals surface area (Å²) >= 11 is 0. The molecule has 2 heterocycles. The lowest BCUT2D eigenvalue weighted by molar-refractivity contribution is 0.191. The van der Waals surface area contributed by atoms with E-state index in [2.05, 4.69) is 5.10 Å². The molecule has 19 heavy (non-hydrogen) atoms. The number of aryl methyl sites for hydroxylation is 1. The van der Waals surface area contributed by atoms with Crippen LogP contribution in [0.15, 0.2) is 11.1 Å². The van der Waals surface area contributed by atoms with Crippen molar-refractivity contribution in [1.29, 1.82) is 0 Å². The zero-order valence-corrected chi connectivity index (χ0v) is 12.0. The van der Waals surface area contributed by atoms with E-state index in [9.17, 15) is 13.5 Å². The van der Waals surface area contributed by atoms with E-state index in [-0.39, 0.29) is 29.3 Å². The molecule has 2 atom stereocenters. The van der Waals surface area contributed by atoms with Gasteiger partial charge in [0.05, 0.1) is 12.6 Å². The minimum atomic E-state index is -3.69. The van der Waals surface area contributed by atoms with Gasteiger partial charge in [0.25, 0.3) is 0 Å². The van der Waals surface area contributed by atoms with Gasteiger partial charge in [0.15, 0.2) is 5.82 Å². The molecule has 1 saturated heterocycles. The summed E-state index contributed by atoms with van der Waals surface area (Å²) < 4.78 is 28.0. The van der Waals surface area contributed by atoms with Crippen LogP contribution in [0, 0.1) is 5.92 Å². The van der Waals surface area contributed by atoms with E-state index in [0.717, 1.165) is 6.42 Å². The Morgan fingerprint density at radius 2 is 2.26 bits per heavy atom. The second-order valence-electron chi connectivity index (χ2n) is 4.87. The van der Waals surface area contributed by atoms with Crippen LogP contribution >= 0.6 is 0 Å². The molecule has 0 saturated carbocycles. The molecule has 7 nitrogen and oxygen atoms in total. The smallest absolute Gasteiger partial charge is 0.248 e. The molecule has 0 bridgehead atoms. The zero-order chi connectivity index (χ0) is 14.2. The maximum atomic E-state index is 12.6. The Morgan fingerprint density at radius 3 is 2.79 bits per heavy atom. The van der Waals surface area contributed by atoms with Gasteiger partial charge in [-0.2, -0.15) is 9.40 Å². The summed E-state index contributed by atoms with van der Waals surface area (Å²) in [6, 6.07) is -0.380. The minimum Gasteiger partial charge on any atom is -0.395 e. The standard InChI is InChI=1S/C11H20N4O3S/c1-3-14-6-10(11(12)13-14)19(17,18)15-5-4-8(2)9(15)7-16/h6,8-9,16H,3-5,7H2,1-2H3,(H2,12,13). The summed E-state index contributed by atoms with van der Waals surface area (Å²) in [5.41, 5.74) is 5.69. The van der Waals surface area contributed by atoms with Crippen LogP contribution in [0.2, 0.25) is 0 Å². The SMILES string of the molecule is CCn1cc(S(=O)(=O)N2CCC(C)C2CO)c(N)n1. The van der Waals surface area contributed by atoms with Crippen molar-refractivity contribution in [2.45, 2.75) is 37.8 Å². The van der Waals surface area contributed by atoms with E-state index in [1.165, 1.54) is 15.2 Å². The number of hydrogen-bond acceptors (Lipinski definition) is 5. The third-order valence-corrected chi connectivity index (χ3v) is 5.63. The number of aliphatic hydroxyl groups excluding tert-OH is 1. The second kappa shape index (κ2) is 5.10. The van der Waals surface area contributed by atoms with Gasteiger partial charge in [0, 0.05) is 19.3 Å². The predicted molar refractivity (Wildman–Crippen MR) is 70.9 cm³/mol. The number of nitrogens with two attached hydrogens (primary N) is 1. The van der Waals surface area contributed by atoms with E-state index >= 15 is 0 Å².